The third kappa shape index (κ3) is 4.08. The molecular weight excluding hydrogens is 444 g/mol. The number of carbonyl (C=O) groups excluding carboxylic acids is 4. The van der Waals surface area contributed by atoms with Crippen molar-refractivity contribution in [1.29, 1.82) is 0 Å². The maximum atomic E-state index is 15.3. The van der Waals surface area contributed by atoms with Gasteiger partial charge >= 0.3 is 5.92 Å². The van der Waals surface area contributed by atoms with Crippen molar-refractivity contribution in [3.8, 4) is 0 Å². The minimum atomic E-state index is -4.95. The fourth-order valence-electron chi connectivity index (χ4n) is 2.46. The molecule has 0 bridgehead atoms. The molecule has 0 aliphatic carbocycles. The third-order valence-electron chi connectivity index (χ3n) is 3.93. The lowest BCUT2D eigenvalue weighted by Gasteiger charge is -2.29. The summed E-state index contributed by atoms with van der Waals surface area (Å²) in [5, 5.41) is -0.311. The SMILES string of the molecule is [2H]c1c([2H])c(C(F)(F)C(=O)NC([2H])c2c([2H])c([2H])c3c(c2[2H])C([2H])([2H])N(C2([2H])C(=O)N([2H])C(=O)C([2H])([2H])C2([2H])[2H])C3=O)c([2H])c([2H])c1Cl. The number of piperidine rings is 1. The summed E-state index contributed by atoms with van der Waals surface area (Å²) in [5.41, 5.74) is -5.63. The molecule has 166 valence electrons. The fourth-order valence-corrected chi connectivity index (χ4v) is 2.55. The number of amides is 4. The molecule has 1 fully saturated rings. The molecule has 0 radical (unpaired) electrons. The van der Waals surface area contributed by atoms with Gasteiger partial charge in [0.15, 0.2) is 1.41 Å². The second-order valence-corrected chi connectivity index (χ2v) is 6.37. The molecule has 2 heterocycles. The van der Waals surface area contributed by atoms with Crippen molar-refractivity contribution in [2.45, 2.75) is 37.7 Å². The zero-order valence-corrected chi connectivity index (χ0v) is 16.0. The number of hydrogen-bond donors (Lipinski definition) is 2. The molecule has 4 rings (SSSR count). The average Bonchev–Trinajstić information content (AvgIpc) is 3.20. The zero-order chi connectivity index (χ0) is 37.2. The highest BCUT2D eigenvalue weighted by Crippen LogP contribution is 2.30. The molecule has 0 spiro atoms. The summed E-state index contributed by atoms with van der Waals surface area (Å²) in [5.74, 6) is -13.8. The largest absolute Gasteiger partial charge is 0.349 e. The Morgan fingerprint density at radius 3 is 2.78 bits per heavy atom. The Morgan fingerprint density at radius 1 is 1.34 bits per heavy atom. The van der Waals surface area contributed by atoms with Crippen molar-refractivity contribution < 1.29 is 49.9 Å². The molecular formula is C22H18ClF2N3O4. The number of halogens is 3. The van der Waals surface area contributed by atoms with Gasteiger partial charge in [0.05, 0.1) is 15.1 Å². The van der Waals surface area contributed by atoms with Crippen LogP contribution in [0.25, 0.3) is 0 Å². The highest BCUT2D eigenvalue weighted by molar-refractivity contribution is 6.30. The first-order valence-corrected chi connectivity index (χ1v) is 8.71. The van der Waals surface area contributed by atoms with Crippen molar-refractivity contribution in [2.75, 3.05) is 0 Å². The Morgan fingerprint density at radius 2 is 2.06 bits per heavy atom. The lowest BCUT2D eigenvalue weighted by molar-refractivity contribution is -0.147. The first-order chi connectivity index (χ1) is 21.6. The number of carbonyl (C=O) groups is 4. The molecule has 0 saturated carbocycles. The van der Waals surface area contributed by atoms with E-state index in [4.69, 9.17) is 33.6 Å². The van der Waals surface area contributed by atoms with Gasteiger partial charge in [-0.15, -0.1) is 0 Å². The summed E-state index contributed by atoms with van der Waals surface area (Å²) in [6.45, 7) is -6.49. The van der Waals surface area contributed by atoms with Gasteiger partial charge in [-0.25, -0.2) is 0 Å². The lowest BCUT2D eigenvalue weighted by Crippen LogP contribution is -2.52. The quantitative estimate of drug-likeness (QED) is 0.647. The molecule has 32 heavy (non-hydrogen) atoms. The lowest BCUT2D eigenvalue weighted by atomic mass is 10.0. The van der Waals surface area contributed by atoms with Crippen LogP contribution in [-0.2, 0) is 33.3 Å². The van der Waals surface area contributed by atoms with Crippen LogP contribution < -0.4 is 10.6 Å². The molecule has 1 saturated heterocycles. The molecule has 7 nitrogen and oxygen atoms in total. The van der Waals surface area contributed by atoms with Gasteiger partial charge in [-0.2, -0.15) is 8.78 Å². The molecule has 2 aromatic rings. The number of imide groups is 1. The van der Waals surface area contributed by atoms with Crippen molar-refractivity contribution in [1.82, 2.24) is 15.5 Å². The van der Waals surface area contributed by atoms with Gasteiger partial charge in [-0.1, -0.05) is 35.8 Å². The maximum Gasteiger partial charge on any atom is 0.349 e. The molecule has 2 aliphatic rings. The van der Waals surface area contributed by atoms with Gasteiger partial charge in [0.2, 0.25) is 11.8 Å². The summed E-state index contributed by atoms with van der Waals surface area (Å²) in [7, 11) is 0. The van der Waals surface area contributed by atoms with Gasteiger partial charge in [0.25, 0.3) is 11.8 Å². The number of nitrogens with zero attached hydrogens (tertiary/aromatic N) is 1. The Labute approximate surface area is 209 Å². The van der Waals surface area contributed by atoms with E-state index in [0.717, 1.165) is 0 Å². The topological polar surface area (TPSA) is 95.6 Å². The summed E-state index contributed by atoms with van der Waals surface area (Å²) < 4.78 is 160. The predicted molar refractivity (Wildman–Crippen MR) is 110 cm³/mol. The monoisotopic (exact) mass is 477 g/mol. The maximum absolute atomic E-state index is 15.3. The van der Waals surface area contributed by atoms with Crippen LogP contribution in [0.2, 0.25) is 6.43 Å². The minimum absolute atomic E-state index is 0.577. The molecule has 2 aromatic carbocycles. The van der Waals surface area contributed by atoms with E-state index in [1.54, 1.807) is 0 Å². The molecule has 2 unspecified atom stereocenters. The van der Waals surface area contributed by atoms with Crippen molar-refractivity contribution >= 4 is 35.2 Å². The van der Waals surface area contributed by atoms with E-state index in [-0.39, 0.29) is 0 Å². The standard InChI is InChI=1S/C22H18ClF2N3O4/c23-15-4-2-14(3-5-15)22(24,25)21(32)26-10-12-1-6-16-13(9-12)11-28(20(16)31)17-7-8-18(29)27-19(17)30/h1-6,9,17H,7-8,10-11H2,(H,26,32)(H,27,29,30)/i1D,2D,3D,4D,5D,6D,7D2,8D2,9D,10D,11D2,17D/hD. The summed E-state index contributed by atoms with van der Waals surface area (Å²) in [6.07, 6.45) is -8.03. The smallest absolute Gasteiger partial charge is 0.346 e. The van der Waals surface area contributed by atoms with Crippen molar-refractivity contribution in [2.24, 2.45) is 0 Å². The van der Waals surface area contributed by atoms with Crippen LogP contribution in [0.15, 0.2) is 42.3 Å². The summed E-state index contributed by atoms with van der Waals surface area (Å²) in [6, 6.07) is -13.4. The van der Waals surface area contributed by atoms with Gasteiger partial charge < -0.3 is 10.2 Å². The van der Waals surface area contributed by atoms with Crippen LogP contribution in [0, 0.1) is 0 Å². The summed E-state index contributed by atoms with van der Waals surface area (Å²) >= 11 is 5.60. The van der Waals surface area contributed by atoms with Crippen LogP contribution in [0.4, 0.5) is 8.78 Å². The molecule has 0 aromatic heterocycles. The molecule has 2 atom stereocenters. The van der Waals surface area contributed by atoms with E-state index in [1.165, 1.54) is 5.32 Å². The number of rotatable bonds is 5. The molecule has 2 aliphatic heterocycles. The Hall–Kier alpha value is -3.33. The van der Waals surface area contributed by atoms with Crippen LogP contribution in [-0.4, -0.2) is 34.5 Å². The van der Waals surface area contributed by atoms with E-state index in [9.17, 15) is 19.2 Å². The Balaban J connectivity index is 1.86. The van der Waals surface area contributed by atoms with Crippen LogP contribution >= 0.6 is 11.6 Å². The number of alkyl halides is 2. The van der Waals surface area contributed by atoms with Crippen molar-refractivity contribution in [3.63, 3.8) is 0 Å². The number of fused-ring (bicyclic) bond motifs is 1. The second kappa shape index (κ2) is 8.31. The van der Waals surface area contributed by atoms with Crippen molar-refractivity contribution in [3.05, 3.63) is 69.6 Å². The number of benzene rings is 2. The van der Waals surface area contributed by atoms with Crippen LogP contribution in [0.1, 0.15) is 60.4 Å². The Kier molecular flexibility index (Phi) is 2.51. The van der Waals surface area contributed by atoms with Gasteiger partial charge in [0, 0.05) is 41.0 Å². The van der Waals surface area contributed by atoms with E-state index in [1.807, 2.05) is 0 Å². The average molecular weight is 478 g/mol. The van der Waals surface area contributed by atoms with E-state index < -0.39 is 141 Å². The van der Waals surface area contributed by atoms with Crippen LogP contribution in [0.3, 0.4) is 0 Å². The highest BCUT2D eigenvalue weighted by atomic mass is 35.5. The number of nitrogens with one attached hydrogen (secondary N) is 2. The fraction of sp³-hybridized carbons (Fsp3) is 0.273. The summed E-state index contributed by atoms with van der Waals surface area (Å²) in [4.78, 5) is 50.9. The highest BCUT2D eigenvalue weighted by Gasteiger charge is 2.41. The molecule has 10 heteroatoms. The minimum Gasteiger partial charge on any atom is -0.346 e. The molecule has 2 N–H and O–H groups in total. The molecule has 4 amide bonds. The predicted octanol–water partition coefficient (Wildman–Crippen LogP) is 2.51. The Bertz CT molecular complexity index is 1830. The first kappa shape index (κ1) is 9.66. The van der Waals surface area contributed by atoms with Gasteiger partial charge in [0.1, 0.15) is 6.02 Å². The normalized spacial score (nSPS) is 33.9. The third-order valence-corrected chi connectivity index (χ3v) is 4.12. The van der Waals surface area contributed by atoms with Crippen LogP contribution in [0.5, 0.6) is 0 Å². The van der Waals surface area contributed by atoms with E-state index >= 15 is 8.78 Å². The van der Waals surface area contributed by atoms with E-state index in [0.29, 0.717) is 0 Å². The second-order valence-electron chi connectivity index (χ2n) is 5.99. The van der Waals surface area contributed by atoms with Gasteiger partial charge in [-0.3, -0.25) is 24.5 Å². The zero-order valence-electron chi connectivity index (χ0n) is 31.2. The first-order valence-electron chi connectivity index (χ1n) is 16.4. The van der Waals surface area contributed by atoms with E-state index in [2.05, 4.69) is 0 Å². The number of hydrogen-bond acceptors (Lipinski definition) is 4. The van der Waals surface area contributed by atoms with Gasteiger partial charge in [-0.05, 0) is 35.6 Å².